The molecule has 1 aliphatic rings. The van der Waals surface area contributed by atoms with Crippen molar-refractivity contribution < 1.29 is 14.4 Å². The van der Waals surface area contributed by atoms with Gasteiger partial charge in [0.1, 0.15) is 12.1 Å². The molecule has 2 N–H and O–H groups in total. The molecule has 30 heavy (non-hydrogen) atoms. The summed E-state index contributed by atoms with van der Waals surface area (Å²) in [6.07, 6.45) is 2.46. The van der Waals surface area contributed by atoms with Crippen molar-refractivity contribution in [2.24, 2.45) is 11.8 Å². The van der Waals surface area contributed by atoms with E-state index in [0.29, 0.717) is 25.4 Å². The lowest BCUT2D eigenvalue weighted by atomic mass is 9.97. The van der Waals surface area contributed by atoms with Crippen LogP contribution in [0.25, 0.3) is 0 Å². The lowest BCUT2D eigenvalue weighted by Gasteiger charge is -2.33. The fourth-order valence-corrected chi connectivity index (χ4v) is 3.68. The van der Waals surface area contributed by atoms with Gasteiger partial charge in [-0.25, -0.2) is 4.79 Å². The first kappa shape index (κ1) is 23.7. The van der Waals surface area contributed by atoms with Gasteiger partial charge < -0.3 is 20.4 Å². The fourth-order valence-electron chi connectivity index (χ4n) is 3.68. The van der Waals surface area contributed by atoms with Crippen LogP contribution >= 0.6 is 0 Å². The molecule has 7 heteroatoms. The second kappa shape index (κ2) is 11.0. The zero-order valence-electron chi connectivity index (χ0n) is 18.9. The first-order valence-electron chi connectivity index (χ1n) is 10.8. The molecular weight excluding hydrogens is 380 g/mol. The van der Waals surface area contributed by atoms with E-state index < -0.39 is 18.1 Å². The highest BCUT2D eigenvalue weighted by Gasteiger charge is 2.31. The molecule has 2 rings (SSSR count). The van der Waals surface area contributed by atoms with Crippen molar-refractivity contribution in [2.45, 2.75) is 52.1 Å². The van der Waals surface area contributed by atoms with Crippen LogP contribution < -0.4 is 10.6 Å². The minimum Gasteiger partial charge on any atom is -0.347 e. The van der Waals surface area contributed by atoms with Gasteiger partial charge in [-0.15, -0.1) is 0 Å². The van der Waals surface area contributed by atoms with Crippen molar-refractivity contribution in [1.29, 1.82) is 0 Å². The summed E-state index contributed by atoms with van der Waals surface area (Å²) in [4.78, 5) is 41.9. The molecule has 2 atom stereocenters. The Morgan fingerprint density at radius 3 is 2.20 bits per heavy atom. The van der Waals surface area contributed by atoms with Gasteiger partial charge in [-0.2, -0.15) is 0 Å². The maximum atomic E-state index is 13.3. The van der Waals surface area contributed by atoms with Crippen LogP contribution in [0, 0.1) is 11.8 Å². The molecule has 1 aromatic carbocycles. The van der Waals surface area contributed by atoms with Gasteiger partial charge in [0.05, 0.1) is 0 Å². The van der Waals surface area contributed by atoms with Gasteiger partial charge in [0.25, 0.3) is 0 Å². The molecule has 1 aromatic rings. The van der Waals surface area contributed by atoms with Crippen LogP contribution in [-0.2, 0) is 9.59 Å². The normalized spacial score (nSPS) is 16.7. The zero-order valence-corrected chi connectivity index (χ0v) is 18.9. The van der Waals surface area contributed by atoms with Crippen LogP contribution in [0.2, 0.25) is 0 Å². The number of urea groups is 1. The van der Waals surface area contributed by atoms with E-state index in [2.05, 4.69) is 17.6 Å². The third-order valence-corrected chi connectivity index (χ3v) is 5.50. The molecule has 0 radical (unpaired) electrons. The molecule has 7 nitrogen and oxygen atoms in total. The number of amides is 4. The van der Waals surface area contributed by atoms with E-state index in [0.717, 1.165) is 18.4 Å². The summed E-state index contributed by atoms with van der Waals surface area (Å²) in [5.41, 5.74) is 0.732. The van der Waals surface area contributed by atoms with E-state index in [-0.39, 0.29) is 17.7 Å². The van der Waals surface area contributed by atoms with E-state index in [1.165, 1.54) is 4.90 Å². The van der Waals surface area contributed by atoms with Crippen molar-refractivity contribution in [1.82, 2.24) is 20.4 Å². The fraction of sp³-hybridized carbons (Fsp3) is 0.609. The van der Waals surface area contributed by atoms with E-state index in [1.54, 1.807) is 14.1 Å². The van der Waals surface area contributed by atoms with E-state index >= 15 is 0 Å². The summed E-state index contributed by atoms with van der Waals surface area (Å²) in [7, 11) is 3.34. The molecule has 1 saturated heterocycles. The molecular formula is C23H36N4O3. The van der Waals surface area contributed by atoms with Crippen molar-refractivity contribution in [2.75, 3.05) is 27.2 Å². The maximum absolute atomic E-state index is 13.3. The van der Waals surface area contributed by atoms with E-state index in [9.17, 15) is 14.4 Å². The van der Waals surface area contributed by atoms with Crippen LogP contribution in [0.1, 0.15) is 51.6 Å². The number of hydrogen-bond acceptors (Lipinski definition) is 3. The molecule has 0 bridgehead atoms. The summed E-state index contributed by atoms with van der Waals surface area (Å²) < 4.78 is 0. The summed E-state index contributed by atoms with van der Waals surface area (Å²) in [6.45, 7) is 7.59. The highest BCUT2D eigenvalue weighted by molar-refractivity contribution is 5.91. The van der Waals surface area contributed by atoms with Crippen LogP contribution in [-0.4, -0.2) is 60.9 Å². The third-order valence-electron chi connectivity index (χ3n) is 5.50. The van der Waals surface area contributed by atoms with Gasteiger partial charge in [-0.3, -0.25) is 9.59 Å². The second-order valence-electron chi connectivity index (χ2n) is 8.88. The Balaban J connectivity index is 2.15. The van der Waals surface area contributed by atoms with Crippen LogP contribution in [0.4, 0.5) is 4.79 Å². The van der Waals surface area contributed by atoms with E-state index in [1.807, 2.05) is 49.1 Å². The first-order valence-corrected chi connectivity index (χ1v) is 10.8. The summed E-state index contributed by atoms with van der Waals surface area (Å²) in [6, 6.07) is 7.33. The number of piperidine rings is 1. The summed E-state index contributed by atoms with van der Waals surface area (Å²) in [5.74, 6) is 0.574. The van der Waals surface area contributed by atoms with Gasteiger partial charge >= 0.3 is 6.03 Å². The topological polar surface area (TPSA) is 81.8 Å². The number of carbonyl (C=O) groups is 3. The lowest BCUT2D eigenvalue weighted by Crippen LogP contribution is -2.53. The van der Waals surface area contributed by atoms with Crippen molar-refractivity contribution in [3.63, 3.8) is 0 Å². The third kappa shape index (κ3) is 6.75. The Labute approximate surface area is 180 Å². The van der Waals surface area contributed by atoms with Crippen molar-refractivity contribution in [3.05, 3.63) is 35.9 Å². The van der Waals surface area contributed by atoms with E-state index in [4.69, 9.17) is 0 Å². The molecule has 166 valence electrons. The van der Waals surface area contributed by atoms with Crippen molar-refractivity contribution >= 4 is 17.8 Å². The molecule has 1 aliphatic heterocycles. The maximum Gasteiger partial charge on any atom is 0.316 e. The number of likely N-dealkylation sites (N-methyl/N-ethyl adjacent to an activating group) is 1. The number of carbonyl (C=O) groups excluding carboxylic acids is 3. The van der Waals surface area contributed by atoms with Crippen LogP contribution in [0.15, 0.2) is 30.3 Å². The highest BCUT2D eigenvalue weighted by atomic mass is 16.2. The highest BCUT2D eigenvalue weighted by Crippen LogP contribution is 2.21. The molecule has 0 aromatic heterocycles. The number of nitrogens with one attached hydrogen (secondary N) is 2. The number of rotatable bonds is 7. The Hall–Kier alpha value is -2.57. The quantitative estimate of drug-likeness (QED) is 0.717. The average molecular weight is 417 g/mol. The van der Waals surface area contributed by atoms with Gasteiger partial charge in [0.15, 0.2) is 0 Å². The van der Waals surface area contributed by atoms with Crippen molar-refractivity contribution in [3.8, 4) is 0 Å². The zero-order chi connectivity index (χ0) is 22.3. The molecule has 1 heterocycles. The minimum atomic E-state index is -0.784. The lowest BCUT2D eigenvalue weighted by molar-refractivity contribution is -0.134. The van der Waals surface area contributed by atoms with Crippen LogP contribution in [0.3, 0.4) is 0 Å². The second-order valence-corrected chi connectivity index (χ2v) is 8.88. The average Bonchev–Trinajstić information content (AvgIpc) is 2.71. The van der Waals surface area contributed by atoms with Gasteiger partial charge in [0, 0.05) is 27.2 Å². The van der Waals surface area contributed by atoms with Gasteiger partial charge in [-0.05, 0) is 36.7 Å². The monoisotopic (exact) mass is 416 g/mol. The van der Waals surface area contributed by atoms with Gasteiger partial charge in [0.2, 0.25) is 11.8 Å². The minimum absolute atomic E-state index is 0.109. The molecule has 1 fully saturated rings. The Morgan fingerprint density at radius 1 is 1.07 bits per heavy atom. The smallest absolute Gasteiger partial charge is 0.316 e. The molecule has 4 amide bonds. The number of nitrogens with zero attached hydrogens (tertiary/aromatic N) is 2. The predicted molar refractivity (Wildman–Crippen MR) is 118 cm³/mol. The van der Waals surface area contributed by atoms with Gasteiger partial charge in [-0.1, -0.05) is 51.1 Å². The summed E-state index contributed by atoms with van der Waals surface area (Å²) >= 11 is 0. The van der Waals surface area contributed by atoms with Crippen LogP contribution in [0.5, 0.6) is 0 Å². The SMILES string of the molecule is CC(C)C[C@@H](NC(=O)N[C@H](C(=O)N1CCC(C)CC1)c1ccccc1)C(=O)N(C)C. The largest absolute Gasteiger partial charge is 0.347 e. The molecule has 0 saturated carbocycles. The Kier molecular flexibility index (Phi) is 8.69. The molecule has 0 spiro atoms. The molecule has 0 unspecified atom stereocenters. The number of hydrogen-bond donors (Lipinski definition) is 2. The Morgan fingerprint density at radius 2 is 1.67 bits per heavy atom. The standard InChI is InChI=1S/C23H36N4O3/c1-16(2)15-19(21(28)26(4)5)24-23(30)25-20(18-9-7-6-8-10-18)22(29)27-13-11-17(3)12-14-27/h6-10,16-17,19-20H,11-15H2,1-5H3,(H2,24,25,30)/t19-,20+/m1/s1. The molecule has 0 aliphatic carbocycles. The first-order chi connectivity index (χ1) is 14.2. The predicted octanol–water partition coefficient (Wildman–Crippen LogP) is 2.79. The number of likely N-dealkylation sites (tertiary alicyclic amines) is 1. The Bertz CT molecular complexity index is 712. The number of benzene rings is 1. The summed E-state index contributed by atoms with van der Waals surface area (Å²) in [5, 5.41) is 5.61.